The van der Waals surface area contributed by atoms with Gasteiger partial charge >= 0.3 is 6.09 Å². The molecule has 11 heteroatoms. The molecule has 10 nitrogen and oxygen atoms in total. The molecule has 0 spiro atoms. The summed E-state index contributed by atoms with van der Waals surface area (Å²) in [6, 6.07) is 4.42. The van der Waals surface area contributed by atoms with Gasteiger partial charge in [0.15, 0.2) is 5.82 Å². The van der Waals surface area contributed by atoms with Gasteiger partial charge in [-0.05, 0) is 23.7 Å². The predicted octanol–water partition coefficient (Wildman–Crippen LogP) is 2.89. The number of imidazole rings is 1. The lowest BCUT2D eigenvalue weighted by Gasteiger charge is -2.14. The third-order valence-electron chi connectivity index (χ3n) is 4.27. The van der Waals surface area contributed by atoms with Crippen LogP contribution in [0.2, 0.25) is 0 Å². The van der Waals surface area contributed by atoms with Gasteiger partial charge in [-0.2, -0.15) is 5.10 Å². The number of amides is 1. The molecule has 0 N–H and O–H groups in total. The zero-order chi connectivity index (χ0) is 19.5. The van der Waals surface area contributed by atoms with Crippen molar-refractivity contribution in [2.75, 3.05) is 18.0 Å². The second-order valence-corrected chi connectivity index (χ2v) is 6.19. The van der Waals surface area contributed by atoms with Crippen molar-refractivity contribution in [3.8, 4) is 5.69 Å². The Balaban J connectivity index is 1.51. The summed E-state index contributed by atoms with van der Waals surface area (Å²) in [5.74, 6) is -0.527. The number of rotatable bonds is 6. The first kappa shape index (κ1) is 17.6. The molecule has 1 aliphatic rings. The minimum Gasteiger partial charge on any atom is -0.444 e. The number of aromatic nitrogens is 4. The van der Waals surface area contributed by atoms with Gasteiger partial charge in [0.05, 0.1) is 37.8 Å². The van der Waals surface area contributed by atoms with Crippen LogP contribution in [0.5, 0.6) is 0 Å². The van der Waals surface area contributed by atoms with Gasteiger partial charge in [0.25, 0.3) is 0 Å². The number of halogens is 1. The zero-order valence-corrected chi connectivity index (χ0v) is 14.6. The van der Waals surface area contributed by atoms with Gasteiger partial charge in [-0.15, -0.1) is 0 Å². The van der Waals surface area contributed by atoms with Crippen LogP contribution in [-0.4, -0.2) is 44.6 Å². The minimum atomic E-state index is -0.605. The lowest BCUT2D eigenvalue weighted by Crippen LogP contribution is -2.25. The highest BCUT2D eigenvalue weighted by atomic mass is 19.1. The number of hydrogen-bond acceptors (Lipinski definition) is 5. The van der Waals surface area contributed by atoms with Crippen molar-refractivity contribution in [3.05, 3.63) is 71.1 Å². The molecule has 0 saturated carbocycles. The maximum Gasteiger partial charge on any atom is 0.414 e. The third-order valence-corrected chi connectivity index (χ3v) is 4.27. The lowest BCUT2D eigenvalue weighted by atomic mass is 10.2. The maximum absolute atomic E-state index is 14.7. The van der Waals surface area contributed by atoms with Crippen molar-refractivity contribution in [3.63, 3.8) is 0 Å². The van der Waals surface area contributed by atoms with Gasteiger partial charge in [0.2, 0.25) is 0 Å². The van der Waals surface area contributed by atoms with Crippen LogP contribution in [0, 0.1) is 5.82 Å². The van der Waals surface area contributed by atoms with Crippen LogP contribution in [-0.2, 0) is 11.3 Å². The summed E-state index contributed by atoms with van der Waals surface area (Å²) >= 11 is 0. The van der Waals surface area contributed by atoms with E-state index in [9.17, 15) is 9.18 Å². The maximum atomic E-state index is 14.7. The summed E-state index contributed by atoms with van der Waals surface area (Å²) in [6.07, 6.45) is 7.44. The monoisotopic (exact) mass is 382 g/mol. The fraction of sp³-hybridized carbons (Fsp3) is 0.235. The molecule has 28 heavy (non-hydrogen) atoms. The van der Waals surface area contributed by atoms with Crippen LogP contribution in [0.1, 0.15) is 5.56 Å². The fourth-order valence-electron chi connectivity index (χ4n) is 2.97. The molecule has 1 aliphatic heterocycles. The molecule has 1 fully saturated rings. The van der Waals surface area contributed by atoms with Crippen molar-refractivity contribution in [1.82, 2.24) is 19.3 Å². The zero-order valence-electron chi connectivity index (χ0n) is 14.6. The van der Waals surface area contributed by atoms with Crippen molar-refractivity contribution < 1.29 is 13.9 Å². The van der Waals surface area contributed by atoms with Crippen LogP contribution >= 0.6 is 0 Å². The van der Waals surface area contributed by atoms with Gasteiger partial charge in [-0.3, -0.25) is 4.90 Å². The molecule has 142 valence electrons. The van der Waals surface area contributed by atoms with Gasteiger partial charge in [0, 0.05) is 29.1 Å². The molecule has 3 heterocycles. The SMILES string of the molecule is [N-]=[N+]=NC[C@H]1CN(c2ccc(-n3cc(Cn4ccnc4)cn3)c(F)c2)C(=O)O1. The van der Waals surface area contributed by atoms with E-state index in [1.54, 1.807) is 37.1 Å². The van der Waals surface area contributed by atoms with Gasteiger partial charge < -0.3 is 9.30 Å². The molecule has 0 bridgehead atoms. The van der Waals surface area contributed by atoms with E-state index in [2.05, 4.69) is 20.1 Å². The molecule has 1 amide bonds. The molecule has 0 unspecified atom stereocenters. The first-order chi connectivity index (χ1) is 13.6. The first-order valence-corrected chi connectivity index (χ1v) is 8.42. The van der Waals surface area contributed by atoms with Crippen molar-refractivity contribution in [2.24, 2.45) is 5.11 Å². The number of benzene rings is 1. The highest BCUT2D eigenvalue weighted by molar-refractivity contribution is 5.89. The Bertz CT molecular complexity index is 1040. The quantitative estimate of drug-likeness (QED) is 0.370. The Morgan fingerprint density at radius 3 is 3.07 bits per heavy atom. The fourth-order valence-corrected chi connectivity index (χ4v) is 2.97. The minimum absolute atomic E-state index is 0.0340. The number of hydrogen-bond donors (Lipinski definition) is 0. The topological polar surface area (TPSA) is 114 Å². The second kappa shape index (κ2) is 7.41. The normalized spacial score (nSPS) is 16.1. The number of anilines is 1. The molecule has 0 aliphatic carbocycles. The number of cyclic esters (lactones) is 1. The molecular formula is C17H15FN8O2. The molecule has 0 radical (unpaired) electrons. The highest BCUT2D eigenvalue weighted by Gasteiger charge is 2.32. The molecule has 4 rings (SSSR count). The summed E-state index contributed by atoms with van der Waals surface area (Å²) in [4.78, 5) is 19.9. The van der Waals surface area contributed by atoms with E-state index in [0.29, 0.717) is 12.2 Å². The molecule has 3 aromatic rings. The van der Waals surface area contributed by atoms with Gasteiger partial charge in [-0.25, -0.2) is 18.9 Å². The Morgan fingerprint density at radius 1 is 1.43 bits per heavy atom. The van der Waals surface area contributed by atoms with Crippen LogP contribution < -0.4 is 4.90 Å². The van der Waals surface area contributed by atoms with Crippen LogP contribution in [0.4, 0.5) is 14.9 Å². The Labute approximate surface area is 158 Å². The number of nitrogens with zero attached hydrogens (tertiary/aromatic N) is 8. The average Bonchev–Trinajstić information content (AvgIpc) is 3.42. The summed E-state index contributed by atoms with van der Waals surface area (Å²) in [6.45, 7) is 0.797. The second-order valence-electron chi connectivity index (χ2n) is 6.19. The van der Waals surface area contributed by atoms with Crippen molar-refractivity contribution in [2.45, 2.75) is 12.6 Å². The van der Waals surface area contributed by atoms with Crippen LogP contribution in [0.3, 0.4) is 0 Å². The first-order valence-electron chi connectivity index (χ1n) is 8.42. The third kappa shape index (κ3) is 3.51. The summed E-state index contributed by atoms with van der Waals surface area (Å²) in [7, 11) is 0. The lowest BCUT2D eigenvalue weighted by molar-refractivity contribution is 0.145. The Kier molecular flexibility index (Phi) is 4.65. The number of carbonyl (C=O) groups is 1. The predicted molar refractivity (Wildman–Crippen MR) is 96.5 cm³/mol. The summed E-state index contributed by atoms with van der Waals surface area (Å²) < 4.78 is 23.1. The van der Waals surface area contributed by atoms with Crippen LogP contribution in [0.15, 0.2) is 54.4 Å². The van der Waals surface area contributed by atoms with Gasteiger partial charge in [-0.1, -0.05) is 5.11 Å². The van der Waals surface area contributed by atoms with E-state index in [1.807, 2.05) is 10.8 Å². The summed E-state index contributed by atoms with van der Waals surface area (Å²) in [5, 5.41) is 7.61. The highest BCUT2D eigenvalue weighted by Crippen LogP contribution is 2.25. The van der Waals surface area contributed by atoms with Crippen LogP contribution in [0.25, 0.3) is 16.1 Å². The van der Waals surface area contributed by atoms with Gasteiger partial charge in [0.1, 0.15) is 11.8 Å². The Hall–Kier alpha value is -3.85. The molecule has 2 aromatic heterocycles. The molecular weight excluding hydrogens is 367 g/mol. The molecule has 1 atom stereocenters. The van der Waals surface area contributed by atoms with E-state index in [1.165, 1.54) is 15.6 Å². The van der Waals surface area contributed by atoms with Crippen molar-refractivity contribution in [1.29, 1.82) is 0 Å². The largest absolute Gasteiger partial charge is 0.444 e. The van der Waals surface area contributed by atoms with E-state index in [4.69, 9.17) is 10.3 Å². The van der Waals surface area contributed by atoms with E-state index < -0.39 is 18.0 Å². The standard InChI is InChI=1S/C17H15FN8O2/c18-15-5-13(25-10-14(7-21-23-19)28-17(25)27)1-2-16(15)26-9-12(6-22-26)8-24-4-3-20-11-24/h1-6,9,11,14H,7-8,10H2/t14-/m0/s1. The van der Waals surface area contributed by atoms with Crippen molar-refractivity contribution >= 4 is 11.8 Å². The number of ether oxygens (including phenoxy) is 1. The number of azide groups is 1. The Morgan fingerprint density at radius 2 is 2.32 bits per heavy atom. The summed E-state index contributed by atoms with van der Waals surface area (Å²) in [5.41, 5.74) is 9.88. The number of carbonyl (C=O) groups excluding carboxylic acids is 1. The molecule has 1 saturated heterocycles. The smallest absolute Gasteiger partial charge is 0.414 e. The van der Waals surface area contributed by atoms with E-state index in [0.717, 1.165) is 5.56 Å². The average molecular weight is 382 g/mol. The van der Waals surface area contributed by atoms with E-state index >= 15 is 0 Å². The molecule has 1 aromatic carbocycles. The van der Waals surface area contributed by atoms with E-state index in [-0.39, 0.29) is 18.8 Å².